The Labute approximate surface area is 184 Å². The molecular weight excluding hydrogens is 423 g/mol. The molecule has 2 aromatic carbocycles. The van der Waals surface area contributed by atoms with Crippen molar-refractivity contribution in [1.82, 2.24) is 15.6 Å². The minimum atomic E-state index is -0.790. The molecule has 6 nitrogen and oxygen atoms in total. The number of carbonyl (C=O) groups excluding carboxylic acids is 2. The fourth-order valence-corrected chi connectivity index (χ4v) is 3.33. The SMILES string of the molecule is O=C(NCc1c(Cl)cccc1Cl)NC(Cc1ccccc1)C(=O)Nc1ccncc1. The van der Waals surface area contributed by atoms with Crippen molar-refractivity contribution in [1.29, 1.82) is 0 Å². The normalized spacial score (nSPS) is 11.4. The van der Waals surface area contributed by atoms with Crippen LogP contribution in [0, 0.1) is 0 Å². The van der Waals surface area contributed by atoms with Crippen LogP contribution in [0.5, 0.6) is 0 Å². The molecule has 0 spiro atoms. The van der Waals surface area contributed by atoms with E-state index in [2.05, 4.69) is 20.9 Å². The highest BCUT2D eigenvalue weighted by Crippen LogP contribution is 2.23. The summed E-state index contributed by atoms with van der Waals surface area (Å²) >= 11 is 12.3. The lowest BCUT2D eigenvalue weighted by molar-refractivity contribution is -0.117. The van der Waals surface area contributed by atoms with Gasteiger partial charge >= 0.3 is 6.03 Å². The van der Waals surface area contributed by atoms with Crippen LogP contribution in [0.25, 0.3) is 0 Å². The third-order valence-corrected chi connectivity index (χ3v) is 5.05. The first-order valence-corrected chi connectivity index (χ1v) is 10.0. The van der Waals surface area contributed by atoms with Gasteiger partial charge in [0.05, 0.1) is 0 Å². The Kier molecular flexibility index (Phi) is 7.65. The summed E-state index contributed by atoms with van der Waals surface area (Å²) in [6.07, 6.45) is 3.49. The third kappa shape index (κ3) is 6.20. The van der Waals surface area contributed by atoms with Crippen LogP contribution < -0.4 is 16.0 Å². The molecule has 0 saturated heterocycles. The van der Waals surface area contributed by atoms with Gasteiger partial charge in [0, 0.05) is 46.7 Å². The van der Waals surface area contributed by atoms with Gasteiger partial charge in [-0.15, -0.1) is 0 Å². The van der Waals surface area contributed by atoms with Crippen LogP contribution in [0.4, 0.5) is 10.5 Å². The topological polar surface area (TPSA) is 83.1 Å². The summed E-state index contributed by atoms with van der Waals surface area (Å²) in [6, 6.07) is 16.6. The van der Waals surface area contributed by atoms with Crippen molar-refractivity contribution < 1.29 is 9.59 Å². The van der Waals surface area contributed by atoms with Gasteiger partial charge in [0.25, 0.3) is 0 Å². The Hall–Kier alpha value is -3.09. The number of rotatable bonds is 7. The van der Waals surface area contributed by atoms with E-state index in [4.69, 9.17) is 23.2 Å². The molecule has 1 heterocycles. The molecule has 1 atom stereocenters. The van der Waals surface area contributed by atoms with E-state index < -0.39 is 12.1 Å². The monoisotopic (exact) mass is 442 g/mol. The van der Waals surface area contributed by atoms with Crippen molar-refractivity contribution in [3.63, 3.8) is 0 Å². The van der Waals surface area contributed by atoms with Gasteiger partial charge in [-0.25, -0.2) is 4.79 Å². The van der Waals surface area contributed by atoms with E-state index in [1.807, 2.05) is 30.3 Å². The summed E-state index contributed by atoms with van der Waals surface area (Å²) < 4.78 is 0. The van der Waals surface area contributed by atoms with Gasteiger partial charge in [-0.2, -0.15) is 0 Å². The summed E-state index contributed by atoms with van der Waals surface area (Å²) in [5.41, 5.74) is 2.12. The van der Waals surface area contributed by atoms with E-state index in [0.29, 0.717) is 27.7 Å². The molecule has 8 heteroatoms. The van der Waals surface area contributed by atoms with Crippen molar-refractivity contribution in [2.24, 2.45) is 0 Å². The number of hydrogen-bond donors (Lipinski definition) is 3. The van der Waals surface area contributed by atoms with Gasteiger partial charge in [-0.3, -0.25) is 9.78 Å². The van der Waals surface area contributed by atoms with E-state index in [0.717, 1.165) is 5.56 Å². The van der Waals surface area contributed by atoms with Crippen LogP contribution in [0.1, 0.15) is 11.1 Å². The highest BCUT2D eigenvalue weighted by molar-refractivity contribution is 6.36. The van der Waals surface area contributed by atoms with Crippen molar-refractivity contribution in [3.05, 3.63) is 94.2 Å². The van der Waals surface area contributed by atoms with Crippen LogP contribution in [-0.4, -0.2) is 23.0 Å². The number of nitrogens with zero attached hydrogens (tertiary/aromatic N) is 1. The van der Waals surface area contributed by atoms with E-state index in [1.54, 1.807) is 42.7 Å². The fraction of sp³-hybridized carbons (Fsp3) is 0.136. The van der Waals surface area contributed by atoms with Gasteiger partial charge < -0.3 is 16.0 Å². The standard InChI is InChI=1S/C22H20Cl2N4O2/c23-18-7-4-8-19(24)17(18)14-26-22(30)28-20(13-15-5-2-1-3-6-15)21(29)27-16-9-11-25-12-10-16/h1-12,20H,13-14H2,(H,25,27,29)(H2,26,28,30). The first-order chi connectivity index (χ1) is 14.5. The van der Waals surface area contributed by atoms with Crippen molar-refractivity contribution >= 4 is 40.8 Å². The number of hydrogen-bond acceptors (Lipinski definition) is 3. The summed E-state index contributed by atoms with van der Waals surface area (Å²) in [4.78, 5) is 29.2. The van der Waals surface area contributed by atoms with Crippen LogP contribution in [0.2, 0.25) is 10.0 Å². The quantitative estimate of drug-likeness (QED) is 0.505. The van der Waals surface area contributed by atoms with Gasteiger partial charge in [-0.1, -0.05) is 59.6 Å². The number of nitrogens with one attached hydrogen (secondary N) is 3. The molecule has 1 unspecified atom stereocenters. The highest BCUT2D eigenvalue weighted by atomic mass is 35.5. The summed E-state index contributed by atoms with van der Waals surface area (Å²) in [5, 5.41) is 9.15. The van der Waals surface area contributed by atoms with Crippen molar-refractivity contribution in [2.45, 2.75) is 19.0 Å². The van der Waals surface area contributed by atoms with Gasteiger partial charge in [0.15, 0.2) is 0 Å². The number of aromatic nitrogens is 1. The number of benzene rings is 2. The second-order valence-corrected chi connectivity index (χ2v) is 7.31. The van der Waals surface area contributed by atoms with E-state index in [9.17, 15) is 9.59 Å². The molecule has 154 valence electrons. The Bertz CT molecular complexity index is 980. The minimum absolute atomic E-state index is 0.133. The maximum atomic E-state index is 12.8. The van der Waals surface area contributed by atoms with Crippen LogP contribution in [0.3, 0.4) is 0 Å². The molecule has 30 heavy (non-hydrogen) atoms. The molecule has 0 bridgehead atoms. The number of urea groups is 1. The Balaban J connectivity index is 1.68. The lowest BCUT2D eigenvalue weighted by Crippen LogP contribution is -2.49. The summed E-state index contributed by atoms with van der Waals surface area (Å²) in [6.45, 7) is 0.133. The maximum absolute atomic E-state index is 12.8. The zero-order chi connectivity index (χ0) is 21.3. The molecule has 0 fully saturated rings. The Morgan fingerprint density at radius 1 is 0.900 bits per heavy atom. The van der Waals surface area contributed by atoms with Crippen molar-refractivity contribution in [3.8, 4) is 0 Å². The number of halogens is 2. The lowest BCUT2D eigenvalue weighted by atomic mass is 10.1. The van der Waals surface area contributed by atoms with Gasteiger partial charge in [-0.05, 0) is 29.8 Å². The number of anilines is 1. The molecule has 0 aliphatic rings. The smallest absolute Gasteiger partial charge is 0.315 e. The zero-order valence-electron chi connectivity index (χ0n) is 15.9. The Morgan fingerprint density at radius 3 is 2.23 bits per heavy atom. The summed E-state index contributed by atoms with van der Waals surface area (Å²) in [7, 11) is 0. The fourth-order valence-electron chi connectivity index (χ4n) is 2.80. The molecule has 0 saturated carbocycles. The zero-order valence-corrected chi connectivity index (χ0v) is 17.5. The van der Waals surface area contributed by atoms with Crippen LogP contribution in [0.15, 0.2) is 73.1 Å². The predicted molar refractivity (Wildman–Crippen MR) is 119 cm³/mol. The molecule has 0 radical (unpaired) electrons. The van der Waals surface area contributed by atoms with E-state index in [-0.39, 0.29) is 12.5 Å². The molecule has 3 rings (SSSR count). The molecule has 0 aliphatic heterocycles. The maximum Gasteiger partial charge on any atom is 0.315 e. The van der Waals surface area contributed by atoms with E-state index in [1.165, 1.54) is 0 Å². The molecule has 1 aromatic heterocycles. The highest BCUT2D eigenvalue weighted by Gasteiger charge is 2.21. The third-order valence-electron chi connectivity index (χ3n) is 4.34. The van der Waals surface area contributed by atoms with Crippen LogP contribution in [-0.2, 0) is 17.8 Å². The molecule has 0 aliphatic carbocycles. The number of pyridine rings is 1. The van der Waals surface area contributed by atoms with Crippen molar-refractivity contribution in [2.75, 3.05) is 5.32 Å². The first kappa shape index (κ1) is 21.6. The van der Waals surface area contributed by atoms with Gasteiger partial charge in [0.2, 0.25) is 5.91 Å². The first-order valence-electron chi connectivity index (χ1n) is 9.25. The molecular formula is C22H20Cl2N4O2. The summed E-state index contributed by atoms with van der Waals surface area (Å²) in [5.74, 6) is -0.337. The number of amides is 3. The van der Waals surface area contributed by atoms with Gasteiger partial charge in [0.1, 0.15) is 6.04 Å². The van der Waals surface area contributed by atoms with E-state index >= 15 is 0 Å². The Morgan fingerprint density at radius 2 is 1.57 bits per heavy atom. The second-order valence-electron chi connectivity index (χ2n) is 6.49. The molecule has 3 amide bonds. The largest absolute Gasteiger partial charge is 0.334 e. The molecule has 3 N–H and O–H groups in total. The predicted octanol–water partition coefficient (Wildman–Crippen LogP) is 4.44. The minimum Gasteiger partial charge on any atom is -0.334 e. The second kappa shape index (κ2) is 10.6. The average molecular weight is 443 g/mol. The average Bonchev–Trinajstić information content (AvgIpc) is 2.74. The molecule has 3 aromatic rings. The lowest BCUT2D eigenvalue weighted by Gasteiger charge is -2.19. The number of carbonyl (C=O) groups is 2. The van der Waals surface area contributed by atoms with Crippen LogP contribution >= 0.6 is 23.2 Å².